The van der Waals surface area contributed by atoms with Crippen LogP contribution in [0.5, 0.6) is 0 Å². The second-order valence-electron chi connectivity index (χ2n) is 6.39. The Morgan fingerprint density at radius 1 is 1.33 bits per heavy atom. The van der Waals surface area contributed by atoms with Crippen molar-refractivity contribution in [3.05, 3.63) is 12.2 Å². The van der Waals surface area contributed by atoms with Gasteiger partial charge in [-0.2, -0.15) is 0 Å². The molecule has 2 rings (SSSR count). The van der Waals surface area contributed by atoms with Crippen molar-refractivity contribution in [3.63, 3.8) is 0 Å². The van der Waals surface area contributed by atoms with Gasteiger partial charge in [0.25, 0.3) is 11.8 Å². The number of amides is 2. The van der Waals surface area contributed by atoms with Crippen LogP contribution in [0.3, 0.4) is 0 Å². The Bertz CT molecular complexity index is 491. The summed E-state index contributed by atoms with van der Waals surface area (Å²) in [5.74, 6) is -1.78. The summed E-state index contributed by atoms with van der Waals surface area (Å²) in [7, 11) is 0. The van der Waals surface area contributed by atoms with Gasteiger partial charge in [-0.25, -0.2) is 4.79 Å². The molecule has 6 heteroatoms. The standard InChI is InChI=1S/C15H21NO5/c1-5-9-7-6-8-10-11(9)13(18)16(12(10)17)21-14(19)20-15(2,3)4/h6-7,9-11H,5,8H2,1-4H3/t9?,10-,11+/m1/s1. The van der Waals surface area contributed by atoms with Crippen molar-refractivity contribution in [3.8, 4) is 0 Å². The summed E-state index contributed by atoms with van der Waals surface area (Å²) in [5, 5.41) is 0.582. The maximum absolute atomic E-state index is 12.4. The van der Waals surface area contributed by atoms with E-state index in [0.717, 1.165) is 6.42 Å². The Morgan fingerprint density at radius 3 is 2.57 bits per heavy atom. The highest BCUT2D eigenvalue weighted by molar-refractivity contribution is 6.05. The number of allylic oxidation sites excluding steroid dienone is 2. The first kappa shape index (κ1) is 15.5. The molecule has 0 N–H and O–H groups in total. The molecule has 0 spiro atoms. The molecule has 0 radical (unpaired) electrons. The summed E-state index contributed by atoms with van der Waals surface area (Å²) in [4.78, 5) is 41.1. The van der Waals surface area contributed by atoms with Crippen LogP contribution < -0.4 is 0 Å². The zero-order valence-corrected chi connectivity index (χ0v) is 12.8. The molecular weight excluding hydrogens is 274 g/mol. The molecule has 0 saturated carbocycles. The molecule has 2 amide bonds. The lowest BCUT2D eigenvalue weighted by molar-refractivity contribution is -0.182. The first-order chi connectivity index (χ1) is 9.74. The van der Waals surface area contributed by atoms with Crippen molar-refractivity contribution in [1.82, 2.24) is 5.06 Å². The molecule has 0 aromatic heterocycles. The van der Waals surface area contributed by atoms with Crippen LogP contribution in [0, 0.1) is 17.8 Å². The third kappa shape index (κ3) is 3.09. The quantitative estimate of drug-likeness (QED) is 0.444. The topological polar surface area (TPSA) is 72.9 Å². The van der Waals surface area contributed by atoms with Gasteiger partial charge in [0.05, 0.1) is 11.8 Å². The van der Waals surface area contributed by atoms with Crippen molar-refractivity contribution in [2.75, 3.05) is 0 Å². The molecule has 1 saturated heterocycles. The summed E-state index contributed by atoms with van der Waals surface area (Å²) in [6.45, 7) is 7.00. The molecule has 0 bridgehead atoms. The molecule has 1 aliphatic carbocycles. The number of hydrogen-bond acceptors (Lipinski definition) is 5. The third-order valence-corrected chi connectivity index (χ3v) is 3.70. The summed E-state index contributed by atoms with van der Waals surface area (Å²) in [5.41, 5.74) is -0.747. The number of imide groups is 1. The second-order valence-corrected chi connectivity index (χ2v) is 6.39. The molecule has 116 valence electrons. The van der Waals surface area contributed by atoms with E-state index in [2.05, 4.69) is 0 Å². The van der Waals surface area contributed by atoms with Crippen LogP contribution in [0.25, 0.3) is 0 Å². The molecule has 6 nitrogen and oxygen atoms in total. The van der Waals surface area contributed by atoms with E-state index in [1.54, 1.807) is 20.8 Å². The number of nitrogens with zero attached hydrogens (tertiary/aromatic N) is 1. The van der Waals surface area contributed by atoms with E-state index in [4.69, 9.17) is 9.57 Å². The minimum atomic E-state index is -1.04. The Balaban J connectivity index is 2.11. The number of hydrogen-bond donors (Lipinski definition) is 0. The zero-order valence-electron chi connectivity index (χ0n) is 12.8. The van der Waals surface area contributed by atoms with Crippen molar-refractivity contribution >= 4 is 18.0 Å². The van der Waals surface area contributed by atoms with Gasteiger partial charge in [-0.05, 0) is 39.5 Å². The van der Waals surface area contributed by atoms with E-state index in [1.807, 2.05) is 19.1 Å². The van der Waals surface area contributed by atoms with Crippen molar-refractivity contribution in [1.29, 1.82) is 0 Å². The summed E-state index contributed by atoms with van der Waals surface area (Å²) < 4.78 is 4.98. The summed E-state index contributed by atoms with van der Waals surface area (Å²) in [6.07, 6.45) is 4.10. The molecule has 3 atom stereocenters. The SMILES string of the molecule is CCC1C=CC[C@H]2C(=O)N(OC(=O)OC(C)(C)C)C(=O)[C@@H]12. The van der Waals surface area contributed by atoms with Crippen LogP contribution >= 0.6 is 0 Å². The normalized spacial score (nSPS) is 28.6. The highest BCUT2D eigenvalue weighted by Gasteiger charge is 2.53. The minimum Gasteiger partial charge on any atom is -0.427 e. The summed E-state index contributed by atoms with van der Waals surface area (Å²) >= 11 is 0. The lowest BCUT2D eigenvalue weighted by Gasteiger charge is -2.24. The fraction of sp³-hybridized carbons (Fsp3) is 0.667. The van der Waals surface area contributed by atoms with Crippen LogP contribution in [0.2, 0.25) is 0 Å². The highest BCUT2D eigenvalue weighted by atomic mass is 16.8. The van der Waals surface area contributed by atoms with Gasteiger partial charge in [0, 0.05) is 0 Å². The van der Waals surface area contributed by atoms with Crippen LogP contribution in [0.1, 0.15) is 40.5 Å². The first-order valence-corrected chi connectivity index (χ1v) is 7.20. The summed E-state index contributed by atoms with van der Waals surface area (Å²) in [6, 6.07) is 0. The molecule has 1 heterocycles. The minimum absolute atomic E-state index is 0.00689. The Morgan fingerprint density at radius 2 is 2.00 bits per heavy atom. The average Bonchev–Trinajstić information content (AvgIpc) is 2.62. The molecular formula is C15H21NO5. The first-order valence-electron chi connectivity index (χ1n) is 7.20. The Kier molecular flexibility index (Phi) is 4.07. The lowest BCUT2D eigenvalue weighted by Crippen LogP contribution is -2.36. The van der Waals surface area contributed by atoms with E-state index < -0.39 is 35.4 Å². The van der Waals surface area contributed by atoms with E-state index in [0.29, 0.717) is 11.5 Å². The predicted molar refractivity (Wildman–Crippen MR) is 73.7 cm³/mol. The smallest absolute Gasteiger partial charge is 0.427 e. The number of hydroxylamine groups is 2. The molecule has 0 aromatic rings. The highest BCUT2D eigenvalue weighted by Crippen LogP contribution is 2.40. The molecule has 0 aromatic carbocycles. The predicted octanol–water partition coefficient (Wildman–Crippen LogP) is 2.44. The molecule has 1 fully saturated rings. The number of ether oxygens (including phenoxy) is 1. The van der Waals surface area contributed by atoms with Crippen LogP contribution in [0.4, 0.5) is 4.79 Å². The Hall–Kier alpha value is -1.85. The lowest BCUT2D eigenvalue weighted by atomic mass is 9.76. The molecule has 1 unspecified atom stereocenters. The van der Waals surface area contributed by atoms with Crippen LogP contribution in [-0.4, -0.2) is 28.6 Å². The molecule has 2 aliphatic rings. The van der Waals surface area contributed by atoms with E-state index in [-0.39, 0.29) is 5.92 Å². The fourth-order valence-electron chi connectivity index (χ4n) is 2.79. The largest absolute Gasteiger partial charge is 0.534 e. The van der Waals surface area contributed by atoms with Gasteiger partial charge >= 0.3 is 6.16 Å². The fourth-order valence-corrected chi connectivity index (χ4v) is 2.79. The van der Waals surface area contributed by atoms with Crippen LogP contribution in [0.15, 0.2) is 12.2 Å². The van der Waals surface area contributed by atoms with Crippen molar-refractivity contribution in [2.24, 2.45) is 17.8 Å². The number of carbonyl (C=O) groups excluding carboxylic acids is 3. The maximum Gasteiger partial charge on any atom is 0.534 e. The molecule has 21 heavy (non-hydrogen) atoms. The second kappa shape index (κ2) is 5.50. The zero-order chi connectivity index (χ0) is 15.8. The van der Waals surface area contributed by atoms with Gasteiger partial charge in [0.1, 0.15) is 5.60 Å². The van der Waals surface area contributed by atoms with Crippen molar-refractivity contribution < 1.29 is 24.0 Å². The van der Waals surface area contributed by atoms with Gasteiger partial charge in [0.15, 0.2) is 0 Å². The van der Waals surface area contributed by atoms with Crippen LogP contribution in [-0.2, 0) is 19.2 Å². The average molecular weight is 295 g/mol. The van der Waals surface area contributed by atoms with Gasteiger partial charge in [-0.3, -0.25) is 14.4 Å². The monoisotopic (exact) mass is 295 g/mol. The maximum atomic E-state index is 12.4. The van der Waals surface area contributed by atoms with Gasteiger partial charge in [-0.1, -0.05) is 24.1 Å². The number of rotatable bonds is 2. The van der Waals surface area contributed by atoms with Crippen molar-refractivity contribution in [2.45, 2.75) is 46.1 Å². The van der Waals surface area contributed by atoms with E-state index in [1.165, 1.54) is 0 Å². The number of carbonyl (C=O) groups is 3. The van der Waals surface area contributed by atoms with E-state index in [9.17, 15) is 14.4 Å². The van der Waals surface area contributed by atoms with Gasteiger partial charge < -0.3 is 4.74 Å². The van der Waals surface area contributed by atoms with Gasteiger partial charge in [0.2, 0.25) is 0 Å². The number of fused-ring (bicyclic) bond motifs is 1. The molecule has 1 aliphatic heterocycles. The Labute approximate surface area is 124 Å². The van der Waals surface area contributed by atoms with Gasteiger partial charge in [-0.15, -0.1) is 0 Å². The third-order valence-electron chi connectivity index (χ3n) is 3.70. The van der Waals surface area contributed by atoms with E-state index >= 15 is 0 Å².